The second-order valence-corrected chi connectivity index (χ2v) is 4.60. The summed E-state index contributed by atoms with van der Waals surface area (Å²) in [6, 6.07) is 4.03. The SMILES string of the molecule is CCn1ccnc1CC(NC)c1ccc(Br)o1. The maximum Gasteiger partial charge on any atom is 0.169 e. The van der Waals surface area contributed by atoms with Crippen LogP contribution in [0.3, 0.4) is 0 Å². The van der Waals surface area contributed by atoms with Crippen LogP contribution in [0, 0.1) is 0 Å². The van der Waals surface area contributed by atoms with Gasteiger partial charge in [0.25, 0.3) is 0 Å². The molecule has 0 saturated carbocycles. The minimum atomic E-state index is 0.147. The zero-order chi connectivity index (χ0) is 12.3. The van der Waals surface area contributed by atoms with Gasteiger partial charge in [-0.05, 0) is 42.0 Å². The summed E-state index contributed by atoms with van der Waals surface area (Å²) in [5, 5.41) is 3.25. The van der Waals surface area contributed by atoms with Crippen molar-refractivity contribution in [3.63, 3.8) is 0 Å². The van der Waals surface area contributed by atoms with E-state index in [4.69, 9.17) is 4.42 Å². The van der Waals surface area contributed by atoms with Crippen LogP contribution < -0.4 is 5.32 Å². The number of nitrogens with one attached hydrogen (secondary N) is 1. The molecule has 0 aliphatic carbocycles. The summed E-state index contributed by atoms with van der Waals surface area (Å²) < 4.78 is 8.47. The van der Waals surface area contributed by atoms with Crippen molar-refractivity contribution >= 4 is 15.9 Å². The van der Waals surface area contributed by atoms with E-state index in [-0.39, 0.29) is 6.04 Å². The third-order valence-electron chi connectivity index (χ3n) is 2.81. The highest BCUT2D eigenvalue weighted by atomic mass is 79.9. The molecule has 0 aliphatic heterocycles. The maximum atomic E-state index is 5.58. The van der Waals surface area contributed by atoms with E-state index in [1.807, 2.05) is 31.6 Å². The van der Waals surface area contributed by atoms with Gasteiger partial charge in [0.05, 0.1) is 6.04 Å². The van der Waals surface area contributed by atoms with Gasteiger partial charge in [0.2, 0.25) is 0 Å². The summed E-state index contributed by atoms with van der Waals surface area (Å²) in [7, 11) is 1.93. The van der Waals surface area contributed by atoms with Crippen molar-refractivity contribution in [2.75, 3.05) is 7.05 Å². The first kappa shape index (κ1) is 12.4. The van der Waals surface area contributed by atoms with Crippen LogP contribution in [-0.2, 0) is 13.0 Å². The van der Waals surface area contributed by atoms with Gasteiger partial charge in [-0.3, -0.25) is 0 Å². The second kappa shape index (κ2) is 5.51. The first-order valence-electron chi connectivity index (χ1n) is 5.67. The molecule has 2 aromatic rings. The molecule has 0 amide bonds. The van der Waals surface area contributed by atoms with Crippen LogP contribution in [0.25, 0.3) is 0 Å². The lowest BCUT2D eigenvalue weighted by Crippen LogP contribution is -2.20. The molecule has 4 nitrogen and oxygen atoms in total. The quantitative estimate of drug-likeness (QED) is 0.923. The monoisotopic (exact) mass is 297 g/mol. The van der Waals surface area contributed by atoms with E-state index in [9.17, 15) is 0 Å². The van der Waals surface area contributed by atoms with Crippen molar-refractivity contribution in [1.82, 2.24) is 14.9 Å². The standard InChI is InChI=1S/C12H16BrN3O/c1-3-16-7-6-15-12(16)8-9(14-2)10-4-5-11(13)17-10/h4-7,9,14H,3,8H2,1-2H3. The van der Waals surface area contributed by atoms with E-state index in [0.717, 1.165) is 29.2 Å². The van der Waals surface area contributed by atoms with E-state index in [1.54, 1.807) is 0 Å². The van der Waals surface area contributed by atoms with Crippen molar-refractivity contribution in [2.24, 2.45) is 0 Å². The molecule has 92 valence electrons. The fourth-order valence-corrected chi connectivity index (χ4v) is 2.18. The molecule has 2 heterocycles. The second-order valence-electron chi connectivity index (χ2n) is 3.82. The molecular formula is C12H16BrN3O. The van der Waals surface area contributed by atoms with Crippen LogP contribution >= 0.6 is 15.9 Å². The van der Waals surface area contributed by atoms with Gasteiger partial charge in [-0.25, -0.2) is 4.98 Å². The van der Waals surface area contributed by atoms with Crippen molar-refractivity contribution in [3.05, 3.63) is 40.8 Å². The van der Waals surface area contributed by atoms with Crippen LogP contribution in [0.4, 0.5) is 0 Å². The molecule has 2 aromatic heterocycles. The fourth-order valence-electron chi connectivity index (χ4n) is 1.86. The molecule has 0 aliphatic rings. The zero-order valence-electron chi connectivity index (χ0n) is 9.98. The van der Waals surface area contributed by atoms with Gasteiger partial charge in [0, 0.05) is 25.4 Å². The number of rotatable bonds is 5. The largest absolute Gasteiger partial charge is 0.453 e. The third kappa shape index (κ3) is 2.79. The van der Waals surface area contributed by atoms with Gasteiger partial charge in [-0.15, -0.1) is 0 Å². The van der Waals surface area contributed by atoms with Crippen LogP contribution in [0.1, 0.15) is 24.6 Å². The molecule has 0 bridgehead atoms. The first-order valence-corrected chi connectivity index (χ1v) is 6.46. The van der Waals surface area contributed by atoms with Gasteiger partial charge in [-0.2, -0.15) is 0 Å². The molecule has 0 fully saturated rings. The van der Waals surface area contributed by atoms with E-state index < -0.39 is 0 Å². The lowest BCUT2D eigenvalue weighted by molar-refractivity contribution is 0.409. The Morgan fingerprint density at radius 1 is 1.53 bits per heavy atom. The van der Waals surface area contributed by atoms with Gasteiger partial charge in [0.1, 0.15) is 11.6 Å². The Hall–Kier alpha value is -1.07. The Bertz CT molecular complexity index is 478. The molecule has 1 atom stereocenters. The molecule has 1 unspecified atom stereocenters. The molecule has 2 rings (SSSR count). The Kier molecular flexibility index (Phi) is 4.02. The van der Waals surface area contributed by atoms with Crippen LogP contribution in [0.5, 0.6) is 0 Å². The van der Waals surface area contributed by atoms with Crippen molar-refractivity contribution in [2.45, 2.75) is 25.9 Å². The zero-order valence-corrected chi connectivity index (χ0v) is 11.6. The molecule has 0 saturated heterocycles. The van der Waals surface area contributed by atoms with E-state index >= 15 is 0 Å². The number of aryl methyl sites for hydroxylation is 1. The normalized spacial score (nSPS) is 12.9. The number of likely N-dealkylation sites (N-methyl/N-ethyl adjacent to an activating group) is 1. The van der Waals surface area contributed by atoms with Crippen molar-refractivity contribution in [3.8, 4) is 0 Å². The lowest BCUT2D eigenvalue weighted by Gasteiger charge is -2.14. The van der Waals surface area contributed by atoms with Crippen molar-refractivity contribution in [1.29, 1.82) is 0 Å². The summed E-state index contributed by atoms with van der Waals surface area (Å²) in [5.74, 6) is 1.99. The first-order chi connectivity index (χ1) is 8.24. The third-order valence-corrected chi connectivity index (χ3v) is 3.24. The summed E-state index contributed by atoms with van der Waals surface area (Å²) >= 11 is 3.32. The number of imidazole rings is 1. The summed E-state index contributed by atoms with van der Waals surface area (Å²) in [5.41, 5.74) is 0. The molecule has 0 radical (unpaired) electrons. The highest BCUT2D eigenvalue weighted by Crippen LogP contribution is 2.22. The van der Waals surface area contributed by atoms with Gasteiger partial charge < -0.3 is 14.3 Å². The number of furan rings is 1. The number of nitrogens with zero attached hydrogens (tertiary/aromatic N) is 2. The van der Waals surface area contributed by atoms with Crippen LogP contribution in [0.2, 0.25) is 0 Å². The fraction of sp³-hybridized carbons (Fsp3) is 0.417. The predicted octanol–water partition coefficient (Wildman–Crippen LogP) is 2.76. The van der Waals surface area contributed by atoms with Crippen LogP contribution in [-0.4, -0.2) is 16.6 Å². The Morgan fingerprint density at radius 2 is 2.35 bits per heavy atom. The topological polar surface area (TPSA) is 43.0 Å². The summed E-state index contributed by atoms with van der Waals surface area (Å²) in [6.07, 6.45) is 4.65. The highest BCUT2D eigenvalue weighted by molar-refractivity contribution is 9.10. The Balaban J connectivity index is 2.15. The predicted molar refractivity (Wildman–Crippen MR) is 69.8 cm³/mol. The lowest BCUT2D eigenvalue weighted by atomic mass is 10.1. The van der Waals surface area contributed by atoms with Crippen molar-refractivity contribution < 1.29 is 4.42 Å². The average molecular weight is 298 g/mol. The summed E-state index contributed by atoms with van der Waals surface area (Å²) in [4.78, 5) is 4.38. The minimum absolute atomic E-state index is 0.147. The number of halogens is 1. The average Bonchev–Trinajstić information content (AvgIpc) is 2.94. The smallest absolute Gasteiger partial charge is 0.169 e. The van der Waals surface area contributed by atoms with E-state index in [0.29, 0.717) is 0 Å². The molecule has 0 spiro atoms. The molecule has 17 heavy (non-hydrogen) atoms. The van der Waals surface area contributed by atoms with Gasteiger partial charge in [-0.1, -0.05) is 0 Å². The molecular weight excluding hydrogens is 282 g/mol. The molecule has 0 aromatic carbocycles. The van der Waals surface area contributed by atoms with Gasteiger partial charge >= 0.3 is 0 Å². The Morgan fingerprint density at radius 3 is 2.94 bits per heavy atom. The van der Waals surface area contributed by atoms with E-state index in [1.165, 1.54) is 0 Å². The van der Waals surface area contributed by atoms with Crippen LogP contribution in [0.15, 0.2) is 33.6 Å². The van der Waals surface area contributed by atoms with E-state index in [2.05, 4.69) is 37.7 Å². The highest BCUT2D eigenvalue weighted by Gasteiger charge is 2.16. The number of hydrogen-bond acceptors (Lipinski definition) is 3. The molecule has 5 heteroatoms. The molecule has 1 N–H and O–H groups in total. The summed E-state index contributed by atoms with van der Waals surface area (Å²) in [6.45, 7) is 3.05. The maximum absolute atomic E-state index is 5.58. The number of hydrogen-bond donors (Lipinski definition) is 1. The Labute approximate surface area is 109 Å². The number of aromatic nitrogens is 2. The minimum Gasteiger partial charge on any atom is -0.453 e. The van der Waals surface area contributed by atoms with Gasteiger partial charge in [0.15, 0.2) is 4.67 Å².